The first kappa shape index (κ1) is 70.8. The molecule has 18 nitrogen and oxygen atoms in total. The number of aliphatic carboxylic acids is 4. The summed E-state index contributed by atoms with van der Waals surface area (Å²) in [5, 5.41) is 102. The molecule has 6 rings (SSSR count). The summed E-state index contributed by atoms with van der Waals surface area (Å²) in [6.45, 7) is 20.1. The summed E-state index contributed by atoms with van der Waals surface area (Å²) in [5.41, 5.74) is 9.08. The monoisotopic (exact) mass is 1120 g/mol. The van der Waals surface area contributed by atoms with E-state index < -0.39 is 23.9 Å². The van der Waals surface area contributed by atoms with Crippen molar-refractivity contribution in [2.24, 2.45) is 0 Å². The van der Waals surface area contributed by atoms with Crippen LogP contribution in [0.25, 0.3) is 0 Å². The molecule has 412 valence electrons. The number of hydrogen-bond donors (Lipinski definition) is 6. The van der Waals surface area contributed by atoms with E-state index in [1.54, 1.807) is 52.0 Å². The van der Waals surface area contributed by atoms with Crippen molar-refractivity contribution in [2.75, 3.05) is 52.4 Å². The van der Waals surface area contributed by atoms with Crippen molar-refractivity contribution in [3.63, 3.8) is 0 Å². The van der Waals surface area contributed by atoms with Crippen molar-refractivity contribution in [3.05, 3.63) is 115 Å². The molecule has 0 saturated carbocycles. The molecule has 2 aliphatic heterocycles. The predicted octanol–water partition coefficient (Wildman–Crippen LogP) is -3.67. The minimum absolute atomic E-state index is 0. The van der Waals surface area contributed by atoms with Crippen LogP contribution in [0.15, 0.2) is 48.5 Å². The van der Waals surface area contributed by atoms with Crippen LogP contribution < -0.4 is 72.8 Å². The van der Waals surface area contributed by atoms with Crippen molar-refractivity contribution in [2.45, 2.75) is 120 Å². The van der Waals surface area contributed by atoms with E-state index in [0.29, 0.717) is 44.5 Å². The SMILES string of the molecule is C1CC[NH2+]CC1.C1CC[NH2+]CC1.Cc1cc(C)c([O-])c(CNCC(=O)[O-])c1.Cc1cc(C)c([O-])c(CNCC(=O)[O-])c1.Cc1cc(C)c([O-])c(CNCC(=O)[O-])c1.Cc1cc(C)c([O-])c(CNCC(=O)[O-])c1.[Co+3].[Co+3]. The van der Waals surface area contributed by atoms with Crippen molar-refractivity contribution >= 4 is 23.9 Å². The van der Waals surface area contributed by atoms with Gasteiger partial charge in [-0.25, -0.2) is 0 Å². The van der Waals surface area contributed by atoms with Crippen LogP contribution in [-0.4, -0.2) is 76.2 Å². The third kappa shape index (κ3) is 32.1. The van der Waals surface area contributed by atoms with Gasteiger partial charge in [0, 0.05) is 52.4 Å². The fourth-order valence-corrected chi connectivity index (χ4v) is 7.69. The standard InChI is InChI=1S/4C11H15NO3.2C5H11N.2Co/c4*1-7-3-8(2)11(15)9(4-7)5-12-6-10(13)14;2*1-2-4-6-5-3-1;;/h4*3-4,12,15H,5-6H2,1-2H3,(H,13,14);2*6H,1-5H2;;/q;;;;;;2*+3/p-6. The third-order valence-electron chi connectivity index (χ3n) is 11.0. The Morgan fingerprint density at radius 2 is 0.554 bits per heavy atom. The van der Waals surface area contributed by atoms with Crippen molar-refractivity contribution in [1.29, 1.82) is 0 Å². The van der Waals surface area contributed by atoms with E-state index in [9.17, 15) is 60.0 Å². The van der Waals surface area contributed by atoms with Gasteiger partial charge in [0.15, 0.2) is 0 Å². The Balaban J connectivity index is 0. The molecule has 0 spiro atoms. The van der Waals surface area contributed by atoms with Crippen LogP contribution >= 0.6 is 0 Å². The molecule has 20 heteroatoms. The molecule has 0 radical (unpaired) electrons. The number of hydrogen-bond acceptors (Lipinski definition) is 16. The summed E-state index contributed by atoms with van der Waals surface area (Å²) in [4.78, 5) is 40.6. The molecule has 0 unspecified atom stereocenters. The molecular weight excluding hydrogens is 1040 g/mol. The van der Waals surface area contributed by atoms with E-state index >= 15 is 0 Å². The van der Waals surface area contributed by atoms with Gasteiger partial charge in [-0.15, -0.1) is 23.0 Å². The maximum absolute atomic E-state index is 11.6. The number of nitrogens with two attached hydrogens (primary N) is 2. The maximum Gasteiger partial charge on any atom is 3.00 e. The van der Waals surface area contributed by atoms with Crippen molar-refractivity contribution in [3.8, 4) is 23.0 Å². The number of nitrogens with one attached hydrogen (secondary N) is 4. The van der Waals surface area contributed by atoms with Crippen LogP contribution in [0.1, 0.15) is 105 Å². The number of quaternary nitrogens is 2. The van der Waals surface area contributed by atoms with E-state index in [0.717, 1.165) is 22.3 Å². The number of benzene rings is 4. The molecule has 0 atom stereocenters. The number of aryl methyl sites for hydroxylation is 8. The first-order valence-corrected chi connectivity index (χ1v) is 24.4. The summed E-state index contributed by atoms with van der Waals surface area (Å²) in [5.74, 6) is -4.84. The average Bonchev–Trinajstić information content (AvgIpc) is 3.32. The molecule has 8 N–H and O–H groups in total. The summed E-state index contributed by atoms with van der Waals surface area (Å²) in [6, 6.07) is 14.3. The normalized spacial score (nSPS) is 12.2. The zero-order valence-corrected chi connectivity index (χ0v) is 46.1. The number of carbonyl (C=O) groups is 4. The van der Waals surface area contributed by atoms with Gasteiger partial charge in [0.05, 0.1) is 50.1 Å². The van der Waals surface area contributed by atoms with Gasteiger partial charge >= 0.3 is 33.6 Å². The first-order chi connectivity index (χ1) is 34.0. The molecule has 74 heavy (non-hydrogen) atoms. The Kier molecular flexibility index (Phi) is 38.4. The number of carboxylic acid groups (broad SMARTS) is 4. The van der Waals surface area contributed by atoms with Gasteiger partial charge in [-0.3, -0.25) is 0 Å². The topological polar surface area (TPSA) is 334 Å². The van der Waals surface area contributed by atoms with Crippen LogP contribution in [0.3, 0.4) is 0 Å². The molecule has 0 bridgehead atoms. The molecule has 2 fully saturated rings. The van der Waals surface area contributed by atoms with Gasteiger partial charge in [-0.1, -0.05) is 93.0 Å². The van der Waals surface area contributed by atoms with Gasteiger partial charge in [0.25, 0.3) is 0 Å². The Labute approximate surface area is 458 Å². The second-order valence-corrected chi connectivity index (χ2v) is 18.0. The van der Waals surface area contributed by atoms with E-state index in [1.807, 2.05) is 52.0 Å². The second kappa shape index (κ2) is 40.1. The van der Waals surface area contributed by atoms with Crippen molar-refractivity contribution < 1.29 is 104 Å². The molecule has 4 aromatic rings. The fourth-order valence-electron chi connectivity index (χ4n) is 7.69. The Bertz CT molecular complexity index is 1980. The predicted molar refractivity (Wildman–Crippen MR) is 259 cm³/mol. The molecule has 2 saturated heterocycles. The van der Waals surface area contributed by atoms with E-state index in [4.69, 9.17) is 0 Å². The van der Waals surface area contributed by atoms with Crippen LogP contribution in [0, 0.1) is 55.4 Å². The largest absolute Gasteiger partial charge is 3.00 e. The number of carbonyl (C=O) groups excluding carboxylic acids is 4. The Morgan fingerprint density at radius 1 is 0.365 bits per heavy atom. The molecule has 0 aliphatic carbocycles. The summed E-state index contributed by atoms with van der Waals surface area (Å²) >= 11 is 0. The van der Waals surface area contributed by atoms with Crippen LogP contribution in [0.4, 0.5) is 0 Å². The van der Waals surface area contributed by atoms with Gasteiger partial charge in [0.2, 0.25) is 0 Å². The number of piperidine rings is 2. The summed E-state index contributed by atoms with van der Waals surface area (Å²) < 4.78 is 0. The van der Waals surface area contributed by atoms with Gasteiger partial charge in [-0.2, -0.15) is 0 Å². The number of carboxylic acids is 4. The minimum atomic E-state index is -1.17. The van der Waals surface area contributed by atoms with Crippen LogP contribution in [-0.2, 0) is 78.9 Å². The second-order valence-electron chi connectivity index (χ2n) is 18.0. The van der Waals surface area contributed by atoms with Gasteiger partial charge in [0.1, 0.15) is 0 Å². The molecule has 0 amide bonds. The zero-order valence-electron chi connectivity index (χ0n) is 44.1. The third-order valence-corrected chi connectivity index (χ3v) is 11.0. The van der Waals surface area contributed by atoms with E-state index in [-0.39, 0.29) is 109 Å². The summed E-state index contributed by atoms with van der Waals surface area (Å²) in [7, 11) is 0. The molecule has 0 aromatic heterocycles. The van der Waals surface area contributed by atoms with Gasteiger partial charge < -0.3 is 91.9 Å². The number of rotatable bonds is 16. The molecule has 2 heterocycles. The van der Waals surface area contributed by atoms with Crippen LogP contribution in [0.5, 0.6) is 23.0 Å². The quantitative estimate of drug-likeness (QED) is 0.0630. The Morgan fingerprint density at radius 3 is 0.689 bits per heavy atom. The smallest absolute Gasteiger partial charge is 0.872 e. The first-order valence-electron chi connectivity index (χ1n) is 24.4. The average molecular weight is 1120 g/mol. The van der Waals surface area contributed by atoms with E-state index in [1.165, 1.54) is 64.7 Å². The maximum atomic E-state index is 11.6. The fraction of sp³-hybridized carbons (Fsp3) is 0.481. The molecule has 4 aromatic carbocycles. The Hall–Kier alpha value is -5.27. The van der Waals surface area contributed by atoms with E-state index in [2.05, 4.69) is 31.9 Å². The van der Waals surface area contributed by atoms with Crippen molar-refractivity contribution in [1.82, 2.24) is 21.3 Å². The minimum Gasteiger partial charge on any atom is -0.872 e. The van der Waals surface area contributed by atoms with Crippen LogP contribution in [0.2, 0.25) is 0 Å². The molecule has 2 aliphatic rings. The molecular formula is C54H76Co2N6O12. The zero-order chi connectivity index (χ0) is 54.2. The summed E-state index contributed by atoms with van der Waals surface area (Å²) in [6.07, 6.45) is 8.72. The van der Waals surface area contributed by atoms with Gasteiger partial charge in [-0.05, 0) is 116 Å².